The Morgan fingerprint density at radius 1 is 1.29 bits per heavy atom. The van der Waals surface area contributed by atoms with Gasteiger partial charge in [0.2, 0.25) is 0 Å². The van der Waals surface area contributed by atoms with Gasteiger partial charge in [0, 0.05) is 56.1 Å². The first-order chi connectivity index (χ1) is 14.9. The Kier molecular flexibility index (Phi) is 5.86. The van der Waals surface area contributed by atoms with Crippen LogP contribution in [0.15, 0.2) is 36.7 Å². The van der Waals surface area contributed by atoms with Gasteiger partial charge in [-0.2, -0.15) is 0 Å². The third kappa shape index (κ3) is 4.36. The Morgan fingerprint density at radius 2 is 2.06 bits per heavy atom. The summed E-state index contributed by atoms with van der Waals surface area (Å²) in [6, 6.07) is 7.24. The lowest BCUT2D eigenvalue weighted by atomic mass is 9.88. The Morgan fingerprint density at radius 3 is 2.77 bits per heavy atom. The number of likely N-dealkylation sites (tertiary alicyclic amines) is 1. The summed E-state index contributed by atoms with van der Waals surface area (Å²) in [7, 11) is 1.59. The molecule has 1 atom stereocenters. The van der Waals surface area contributed by atoms with Crippen molar-refractivity contribution in [3.8, 4) is 5.75 Å². The third-order valence-corrected chi connectivity index (χ3v) is 5.75. The molecule has 2 aromatic rings. The van der Waals surface area contributed by atoms with Gasteiger partial charge in [0.15, 0.2) is 6.10 Å². The fourth-order valence-electron chi connectivity index (χ4n) is 4.21. The number of fused-ring (bicyclic) bond motifs is 2. The second-order valence-electron chi connectivity index (χ2n) is 8.32. The predicted molar refractivity (Wildman–Crippen MR) is 115 cm³/mol. The second-order valence-corrected chi connectivity index (χ2v) is 8.32. The number of piperidine rings is 1. The number of benzene rings is 1. The van der Waals surface area contributed by atoms with Gasteiger partial charge in [-0.1, -0.05) is 6.07 Å². The summed E-state index contributed by atoms with van der Waals surface area (Å²) in [6.07, 6.45) is 4.12. The normalized spacial score (nSPS) is 19.7. The van der Waals surface area contributed by atoms with Gasteiger partial charge in [0.05, 0.1) is 13.7 Å². The van der Waals surface area contributed by atoms with Crippen LogP contribution in [0.1, 0.15) is 32.5 Å². The molecule has 0 saturated carbocycles. The number of hydrogen-bond acceptors (Lipinski definition) is 5. The number of amides is 3. The largest absolute Gasteiger partial charge is 0.497 e. The standard InChI is InChI=1S/C22H29N5O4/c1-15(2)24-21(29)26-10-7-22(8-11-26)20-23-9-12-27(20)14-18(31-22)19(28)25-16-5-4-6-17(13-16)30-3/h4-6,9,12-13,15,18H,7-8,10-11,14H2,1-3H3,(H,24,29)(H,25,28). The molecule has 9 heteroatoms. The van der Waals surface area contributed by atoms with Gasteiger partial charge in [-0.3, -0.25) is 4.79 Å². The van der Waals surface area contributed by atoms with Crippen LogP contribution in [0, 0.1) is 0 Å². The predicted octanol–water partition coefficient (Wildman–Crippen LogP) is 2.34. The van der Waals surface area contributed by atoms with Crippen molar-refractivity contribution >= 4 is 17.6 Å². The molecular weight excluding hydrogens is 398 g/mol. The van der Waals surface area contributed by atoms with Gasteiger partial charge in [-0.05, 0) is 26.0 Å². The van der Waals surface area contributed by atoms with Crippen LogP contribution in [-0.2, 0) is 21.7 Å². The molecule has 9 nitrogen and oxygen atoms in total. The number of carbonyl (C=O) groups excluding carboxylic acids is 2. The molecule has 31 heavy (non-hydrogen) atoms. The highest BCUT2D eigenvalue weighted by Gasteiger charge is 2.47. The van der Waals surface area contributed by atoms with E-state index in [0.717, 1.165) is 5.82 Å². The topological polar surface area (TPSA) is 97.7 Å². The molecule has 2 aliphatic rings. The van der Waals surface area contributed by atoms with Crippen LogP contribution in [0.4, 0.5) is 10.5 Å². The van der Waals surface area contributed by atoms with Crippen molar-refractivity contribution in [2.75, 3.05) is 25.5 Å². The highest BCUT2D eigenvalue weighted by atomic mass is 16.5. The summed E-state index contributed by atoms with van der Waals surface area (Å²) in [6.45, 7) is 5.35. The SMILES string of the molecule is COc1cccc(NC(=O)C2Cn3ccnc3C3(CCN(C(=O)NC(C)C)CC3)O2)c1. The smallest absolute Gasteiger partial charge is 0.317 e. The van der Waals surface area contributed by atoms with Crippen LogP contribution in [0.2, 0.25) is 0 Å². The molecule has 4 rings (SSSR count). The molecule has 1 saturated heterocycles. The fraction of sp³-hybridized carbons (Fsp3) is 0.500. The number of nitrogens with zero attached hydrogens (tertiary/aromatic N) is 3. The number of aromatic nitrogens is 2. The number of hydrogen-bond donors (Lipinski definition) is 2. The van der Waals surface area contributed by atoms with E-state index in [0.29, 0.717) is 43.9 Å². The van der Waals surface area contributed by atoms with Gasteiger partial charge < -0.3 is 29.6 Å². The van der Waals surface area contributed by atoms with E-state index in [1.165, 1.54) is 0 Å². The van der Waals surface area contributed by atoms with Crippen LogP contribution in [0.3, 0.4) is 0 Å². The zero-order chi connectivity index (χ0) is 22.0. The first-order valence-electron chi connectivity index (χ1n) is 10.6. The minimum Gasteiger partial charge on any atom is -0.497 e. The van der Waals surface area contributed by atoms with Gasteiger partial charge in [-0.15, -0.1) is 0 Å². The summed E-state index contributed by atoms with van der Waals surface area (Å²) in [5.74, 6) is 1.27. The molecule has 1 fully saturated rings. The van der Waals surface area contributed by atoms with E-state index in [1.54, 1.807) is 24.3 Å². The minimum atomic E-state index is -0.688. The monoisotopic (exact) mass is 427 g/mol. The number of rotatable bonds is 4. The highest BCUT2D eigenvalue weighted by molar-refractivity contribution is 5.94. The summed E-state index contributed by atoms with van der Waals surface area (Å²) in [5, 5.41) is 5.86. The summed E-state index contributed by atoms with van der Waals surface area (Å²) < 4.78 is 13.6. The van der Waals surface area contributed by atoms with Gasteiger partial charge in [0.25, 0.3) is 5.91 Å². The lowest BCUT2D eigenvalue weighted by Gasteiger charge is -2.45. The van der Waals surface area contributed by atoms with Crippen molar-refractivity contribution in [1.29, 1.82) is 0 Å². The molecule has 3 heterocycles. The van der Waals surface area contributed by atoms with Crippen molar-refractivity contribution in [1.82, 2.24) is 19.8 Å². The van der Waals surface area contributed by atoms with E-state index >= 15 is 0 Å². The Bertz CT molecular complexity index is 949. The highest BCUT2D eigenvalue weighted by Crippen LogP contribution is 2.40. The summed E-state index contributed by atoms with van der Waals surface area (Å²) in [5.41, 5.74) is -0.0363. The van der Waals surface area contributed by atoms with Crippen molar-refractivity contribution in [2.45, 2.75) is 51.0 Å². The molecule has 2 N–H and O–H groups in total. The maximum Gasteiger partial charge on any atom is 0.317 e. The molecule has 1 aromatic carbocycles. The van der Waals surface area contributed by atoms with E-state index < -0.39 is 11.7 Å². The van der Waals surface area contributed by atoms with Crippen LogP contribution < -0.4 is 15.4 Å². The van der Waals surface area contributed by atoms with Crippen LogP contribution >= 0.6 is 0 Å². The van der Waals surface area contributed by atoms with E-state index in [9.17, 15) is 9.59 Å². The summed E-state index contributed by atoms with van der Waals surface area (Å²) >= 11 is 0. The van der Waals surface area contributed by atoms with Gasteiger partial charge in [-0.25, -0.2) is 9.78 Å². The van der Waals surface area contributed by atoms with E-state index in [1.807, 2.05) is 42.8 Å². The zero-order valence-electron chi connectivity index (χ0n) is 18.1. The van der Waals surface area contributed by atoms with E-state index in [-0.39, 0.29) is 18.0 Å². The zero-order valence-corrected chi connectivity index (χ0v) is 18.1. The lowest BCUT2D eigenvalue weighted by molar-refractivity contribution is -0.167. The number of urea groups is 1. The van der Waals surface area contributed by atoms with Crippen molar-refractivity contribution in [3.05, 3.63) is 42.5 Å². The maximum atomic E-state index is 13.0. The third-order valence-electron chi connectivity index (χ3n) is 5.75. The molecule has 1 spiro atoms. The molecule has 0 radical (unpaired) electrons. The van der Waals surface area contributed by atoms with Gasteiger partial charge in [0.1, 0.15) is 17.2 Å². The molecule has 2 aliphatic heterocycles. The maximum absolute atomic E-state index is 13.0. The van der Waals surface area contributed by atoms with E-state index in [2.05, 4.69) is 15.6 Å². The molecule has 3 amide bonds. The first kappa shape index (κ1) is 21.2. The number of nitrogens with one attached hydrogen (secondary N) is 2. The molecule has 1 unspecified atom stereocenters. The molecule has 0 aliphatic carbocycles. The quantitative estimate of drug-likeness (QED) is 0.781. The average Bonchev–Trinajstić information content (AvgIpc) is 3.23. The lowest BCUT2D eigenvalue weighted by Crippen LogP contribution is -2.55. The number of anilines is 1. The molecular formula is C22H29N5O4. The first-order valence-corrected chi connectivity index (χ1v) is 10.6. The Labute approximate surface area is 181 Å². The van der Waals surface area contributed by atoms with Crippen molar-refractivity contribution in [2.24, 2.45) is 0 Å². The van der Waals surface area contributed by atoms with Crippen LogP contribution in [0.25, 0.3) is 0 Å². The average molecular weight is 428 g/mol. The number of imidazole rings is 1. The van der Waals surface area contributed by atoms with Crippen molar-refractivity contribution in [3.63, 3.8) is 0 Å². The molecule has 1 aromatic heterocycles. The van der Waals surface area contributed by atoms with Crippen LogP contribution in [0.5, 0.6) is 5.75 Å². The van der Waals surface area contributed by atoms with Crippen molar-refractivity contribution < 1.29 is 19.1 Å². The van der Waals surface area contributed by atoms with Crippen LogP contribution in [-0.4, -0.2) is 58.7 Å². The van der Waals surface area contributed by atoms with E-state index in [4.69, 9.17) is 9.47 Å². The number of carbonyl (C=O) groups is 2. The number of ether oxygens (including phenoxy) is 2. The number of methoxy groups -OCH3 is 1. The summed E-state index contributed by atoms with van der Waals surface area (Å²) in [4.78, 5) is 31.7. The molecule has 0 bridgehead atoms. The van der Waals surface area contributed by atoms with Gasteiger partial charge >= 0.3 is 6.03 Å². The molecule has 166 valence electrons. The Balaban J connectivity index is 1.48. The second kappa shape index (κ2) is 8.58. The Hall–Kier alpha value is -3.07. The fourth-order valence-corrected chi connectivity index (χ4v) is 4.21. The minimum absolute atomic E-state index is 0.0729.